The second-order valence-corrected chi connectivity index (χ2v) is 27.8. The molecule has 0 aliphatic carbocycles. The Hall–Kier alpha value is -9.33. The summed E-state index contributed by atoms with van der Waals surface area (Å²) < 4.78 is 4.99. The Morgan fingerprint density at radius 1 is 0.263 bits per heavy atom. The molecule has 0 N–H and O–H groups in total. The minimum Gasteiger partial charge on any atom is -0.309 e. The van der Waals surface area contributed by atoms with Crippen LogP contribution >= 0.6 is 0 Å². The van der Waals surface area contributed by atoms with Gasteiger partial charge in [-0.25, -0.2) is 0 Å². The lowest BCUT2D eigenvalue weighted by Gasteiger charge is -2.34. The van der Waals surface area contributed by atoms with Crippen LogP contribution in [0.1, 0.15) is 0 Å². The maximum absolute atomic E-state index is 2.80. The third kappa shape index (κ3) is 6.45. The van der Waals surface area contributed by atoms with E-state index in [0.29, 0.717) is 0 Å². The number of aromatic nitrogens is 2. The predicted octanol–water partition coefficient (Wildman–Crippen LogP) is 12.3. The molecule has 3 heterocycles. The van der Waals surface area contributed by atoms with Crippen molar-refractivity contribution in [2.75, 3.05) is 0 Å². The van der Waals surface area contributed by atoms with Crippen LogP contribution in [0, 0.1) is 0 Å². The molecule has 76 heavy (non-hydrogen) atoms. The largest absolute Gasteiger partial charge is 0.309 e. The first-order valence-electron chi connectivity index (χ1n) is 26.4. The second kappa shape index (κ2) is 17.7. The molecule has 0 amide bonds. The molecule has 0 fully saturated rings. The van der Waals surface area contributed by atoms with Crippen LogP contribution in [-0.2, 0) is 0 Å². The third-order valence-electron chi connectivity index (χ3n) is 16.5. The van der Waals surface area contributed by atoms with Crippen LogP contribution < -0.4 is 41.5 Å². The highest BCUT2D eigenvalue weighted by molar-refractivity contribution is 7.22. The molecular weight excluding hydrogens is 949 g/mol. The van der Waals surface area contributed by atoms with Crippen LogP contribution in [0.3, 0.4) is 0 Å². The molecule has 0 bridgehead atoms. The molecule has 14 aromatic rings. The van der Waals surface area contributed by atoms with E-state index < -0.39 is 16.1 Å². The van der Waals surface area contributed by atoms with Gasteiger partial charge >= 0.3 is 0 Å². The van der Waals surface area contributed by atoms with Gasteiger partial charge in [-0.05, 0) is 112 Å². The molecule has 12 aromatic carbocycles. The molecule has 1 aliphatic heterocycles. The molecule has 356 valence electrons. The molecule has 0 radical (unpaired) electrons. The number of rotatable bonds is 9. The van der Waals surface area contributed by atoms with E-state index in [1.165, 1.54) is 107 Å². The van der Waals surface area contributed by atoms with E-state index in [4.69, 9.17) is 0 Å². The van der Waals surface area contributed by atoms with E-state index in [-0.39, 0.29) is 0 Å². The van der Waals surface area contributed by atoms with E-state index in [2.05, 4.69) is 312 Å². The van der Waals surface area contributed by atoms with Gasteiger partial charge in [0.2, 0.25) is 0 Å². The van der Waals surface area contributed by atoms with E-state index >= 15 is 0 Å². The van der Waals surface area contributed by atoms with E-state index in [1.54, 1.807) is 0 Å². The summed E-state index contributed by atoms with van der Waals surface area (Å²) in [6.45, 7) is 0. The summed E-state index contributed by atoms with van der Waals surface area (Å²) in [5.74, 6) is 0. The molecule has 4 heteroatoms. The summed E-state index contributed by atoms with van der Waals surface area (Å²) in [4.78, 5) is 0. The molecule has 1 aliphatic rings. The summed E-state index contributed by atoms with van der Waals surface area (Å²) in [6, 6.07) is 114. The van der Waals surface area contributed by atoms with Crippen LogP contribution in [0.5, 0.6) is 0 Å². The molecule has 0 saturated carbocycles. The second-order valence-electron chi connectivity index (χ2n) is 20.3. The van der Waals surface area contributed by atoms with Gasteiger partial charge < -0.3 is 9.13 Å². The van der Waals surface area contributed by atoms with Crippen molar-refractivity contribution in [3.8, 4) is 33.6 Å². The Morgan fingerprint density at radius 3 is 1.34 bits per heavy atom. The van der Waals surface area contributed by atoms with Gasteiger partial charge in [-0.2, -0.15) is 0 Å². The summed E-state index contributed by atoms with van der Waals surface area (Å²) in [5, 5.41) is 16.1. The van der Waals surface area contributed by atoms with Crippen molar-refractivity contribution in [2.24, 2.45) is 0 Å². The molecular formula is C72H50N2Si2. The quantitative estimate of drug-likeness (QED) is 0.101. The molecule has 0 saturated heterocycles. The first-order valence-corrected chi connectivity index (χ1v) is 30.4. The van der Waals surface area contributed by atoms with Crippen molar-refractivity contribution < 1.29 is 0 Å². The van der Waals surface area contributed by atoms with E-state index in [0.717, 1.165) is 11.4 Å². The monoisotopic (exact) mass is 998 g/mol. The van der Waals surface area contributed by atoms with Crippen molar-refractivity contribution in [1.29, 1.82) is 0 Å². The highest BCUT2D eigenvalue weighted by atomic mass is 28.3. The zero-order valence-electron chi connectivity index (χ0n) is 41.8. The molecule has 0 spiro atoms. The zero-order chi connectivity index (χ0) is 50.2. The molecule has 2 nitrogen and oxygen atoms in total. The number of hydrogen-bond donors (Lipinski definition) is 0. The van der Waals surface area contributed by atoms with Crippen molar-refractivity contribution in [3.05, 3.63) is 303 Å². The fraction of sp³-hybridized carbons (Fsp3) is 0. The number of nitrogens with zero attached hydrogens (tertiary/aromatic N) is 2. The summed E-state index contributed by atoms with van der Waals surface area (Å²) in [5.41, 5.74) is 12.2. The van der Waals surface area contributed by atoms with Crippen molar-refractivity contribution in [3.63, 3.8) is 0 Å². The summed E-state index contributed by atoms with van der Waals surface area (Å²) >= 11 is 0. The van der Waals surface area contributed by atoms with Gasteiger partial charge in [0.25, 0.3) is 0 Å². The summed E-state index contributed by atoms with van der Waals surface area (Å²) in [6.07, 6.45) is 0. The lowest BCUT2D eigenvalue weighted by molar-refractivity contribution is 1.16. The van der Waals surface area contributed by atoms with Gasteiger partial charge in [0, 0.05) is 32.9 Å². The van der Waals surface area contributed by atoms with Gasteiger partial charge in [-0.15, -0.1) is 0 Å². The zero-order valence-corrected chi connectivity index (χ0v) is 43.8. The minimum absolute atomic E-state index is 1.13. The van der Waals surface area contributed by atoms with Gasteiger partial charge in [-0.3, -0.25) is 0 Å². The SMILES string of the molecule is c1ccc([Si](c2ccccc2)(c2ccccc2)c2cccc(-n3c4ccccc4c4ccc(-n5c6ccccc6c6cc(-c7cccc8c7-c7ccccc7[Si]8(c7ccccc7)c7ccccc7)ccc65)cc43)c2)cc1. The molecule has 15 rings (SSSR count). The van der Waals surface area contributed by atoms with Crippen LogP contribution in [0.25, 0.3) is 77.2 Å². The van der Waals surface area contributed by atoms with Gasteiger partial charge in [0.05, 0.1) is 22.1 Å². The van der Waals surface area contributed by atoms with Gasteiger partial charge in [0.1, 0.15) is 0 Å². The van der Waals surface area contributed by atoms with E-state index in [9.17, 15) is 0 Å². The van der Waals surface area contributed by atoms with Crippen LogP contribution in [0.4, 0.5) is 0 Å². The highest BCUT2D eigenvalue weighted by Gasteiger charge is 2.49. The van der Waals surface area contributed by atoms with Gasteiger partial charge in [0.15, 0.2) is 16.1 Å². The lowest BCUT2D eigenvalue weighted by atomic mass is 9.94. The fourth-order valence-electron chi connectivity index (χ4n) is 13.5. The first kappa shape index (κ1) is 44.2. The fourth-order valence-corrected chi connectivity index (χ4v) is 23.5. The smallest absolute Gasteiger partial charge is 0.180 e. The maximum atomic E-state index is 2.51. The Balaban J connectivity index is 0.924. The number of benzene rings is 12. The van der Waals surface area contributed by atoms with Crippen molar-refractivity contribution in [2.45, 2.75) is 0 Å². The average molecular weight is 999 g/mol. The van der Waals surface area contributed by atoms with E-state index in [1.807, 2.05) is 0 Å². The van der Waals surface area contributed by atoms with Gasteiger partial charge in [-0.1, -0.05) is 255 Å². The number of para-hydroxylation sites is 2. The number of hydrogen-bond acceptors (Lipinski definition) is 0. The lowest BCUT2D eigenvalue weighted by Crippen LogP contribution is -2.74. The maximum Gasteiger partial charge on any atom is 0.180 e. The normalized spacial score (nSPS) is 12.8. The standard InChI is InChI=1S/C72H50N2Si2/c1-6-25-54(26-7-1)75(55-27-8-2-9-28-55,56-29-10-3-11-30-56)59-35-22-24-52(49-59)74-66-40-19-16-36-61(66)63-46-45-53(50-69(63)74)73-67-41-20-17-37-62(67)65-48-51(44-47-68(65)73)60-39-23-43-71-72(60)64-38-18-21-42-70(64)76(71,57-31-12-4-13-32-57)58-33-14-5-15-34-58/h1-50H. The van der Waals surface area contributed by atoms with Crippen molar-refractivity contribution in [1.82, 2.24) is 9.13 Å². The Kier molecular flexibility index (Phi) is 10.3. The molecule has 2 aromatic heterocycles. The molecule has 0 atom stereocenters. The first-order chi connectivity index (χ1) is 37.7. The summed E-state index contributed by atoms with van der Waals surface area (Å²) in [7, 11) is -5.46. The molecule has 0 unspecified atom stereocenters. The minimum atomic E-state index is -2.80. The van der Waals surface area contributed by atoms with Crippen LogP contribution in [-0.4, -0.2) is 25.3 Å². The third-order valence-corrected chi connectivity index (χ3v) is 26.2. The Bertz CT molecular complexity index is 4370. The highest BCUT2D eigenvalue weighted by Crippen LogP contribution is 2.41. The average Bonchev–Trinajstić information content (AvgIpc) is 4.18. The Morgan fingerprint density at radius 2 is 0.711 bits per heavy atom. The van der Waals surface area contributed by atoms with Crippen molar-refractivity contribution >= 4 is 101 Å². The van der Waals surface area contributed by atoms with Crippen LogP contribution in [0.2, 0.25) is 0 Å². The predicted molar refractivity (Wildman–Crippen MR) is 327 cm³/mol. The Labute approximate surface area is 444 Å². The number of fused-ring (bicyclic) bond motifs is 9. The van der Waals surface area contributed by atoms with Crippen LogP contribution in [0.15, 0.2) is 303 Å². The topological polar surface area (TPSA) is 9.86 Å².